The van der Waals surface area contributed by atoms with Gasteiger partial charge in [-0.2, -0.15) is 0 Å². The first-order valence-corrected chi connectivity index (χ1v) is 8.27. The maximum atomic E-state index is 12.7. The first-order chi connectivity index (χ1) is 11.7. The van der Waals surface area contributed by atoms with Gasteiger partial charge in [0.1, 0.15) is 0 Å². The third-order valence-electron chi connectivity index (χ3n) is 4.31. The quantitative estimate of drug-likeness (QED) is 0.751. The molecule has 0 bridgehead atoms. The van der Waals surface area contributed by atoms with Crippen LogP contribution in [-0.4, -0.2) is 12.5 Å². The Labute approximate surface area is 142 Å². The molecule has 0 aromatic heterocycles. The van der Waals surface area contributed by atoms with Gasteiger partial charge in [0.2, 0.25) is 0 Å². The summed E-state index contributed by atoms with van der Waals surface area (Å²) in [5.41, 5.74) is 8.47. The number of rotatable bonds is 5. The van der Waals surface area contributed by atoms with Crippen molar-refractivity contribution < 1.29 is 4.79 Å². The predicted octanol–water partition coefficient (Wildman–Crippen LogP) is 3.83. The fourth-order valence-electron chi connectivity index (χ4n) is 3.10. The van der Waals surface area contributed by atoms with E-state index in [9.17, 15) is 4.79 Å². The van der Waals surface area contributed by atoms with Crippen molar-refractivity contribution in [1.29, 1.82) is 0 Å². The van der Waals surface area contributed by atoms with Crippen LogP contribution in [0.5, 0.6) is 0 Å². The summed E-state index contributed by atoms with van der Waals surface area (Å²) in [6, 6.07) is 22.0. The molecule has 0 saturated heterocycles. The zero-order valence-electron chi connectivity index (χ0n) is 13.8. The van der Waals surface area contributed by atoms with Crippen molar-refractivity contribution in [1.82, 2.24) is 5.32 Å². The minimum absolute atomic E-state index is 0.0560. The van der Waals surface area contributed by atoms with Crippen molar-refractivity contribution >= 4 is 16.7 Å². The number of amides is 1. The average Bonchev–Trinajstić information content (AvgIpc) is 2.62. The number of hydrogen-bond acceptors (Lipinski definition) is 2. The first-order valence-electron chi connectivity index (χ1n) is 8.27. The molecule has 3 nitrogen and oxygen atoms in total. The van der Waals surface area contributed by atoms with Gasteiger partial charge < -0.3 is 11.1 Å². The van der Waals surface area contributed by atoms with Crippen LogP contribution in [0.15, 0.2) is 66.7 Å². The molecule has 3 aromatic rings. The number of nitrogens with one attached hydrogen (secondary N) is 1. The van der Waals surface area contributed by atoms with Crippen molar-refractivity contribution in [3.8, 4) is 0 Å². The summed E-state index contributed by atoms with van der Waals surface area (Å²) >= 11 is 0. The molecule has 0 aliphatic carbocycles. The lowest BCUT2D eigenvalue weighted by molar-refractivity contribution is 0.0939. The molecule has 3 aromatic carbocycles. The lowest BCUT2D eigenvalue weighted by atomic mass is 9.98. The molecule has 3 rings (SSSR count). The van der Waals surface area contributed by atoms with E-state index in [4.69, 9.17) is 5.73 Å². The minimum Gasteiger partial charge on any atom is -0.345 e. The molecule has 0 spiro atoms. The van der Waals surface area contributed by atoms with Gasteiger partial charge in [0.05, 0.1) is 6.04 Å². The predicted molar refractivity (Wildman–Crippen MR) is 99.0 cm³/mol. The zero-order chi connectivity index (χ0) is 16.9. The maximum Gasteiger partial charge on any atom is 0.252 e. The van der Waals surface area contributed by atoms with Crippen molar-refractivity contribution in [2.24, 2.45) is 5.73 Å². The number of carbonyl (C=O) groups excluding carboxylic acids is 1. The van der Waals surface area contributed by atoms with E-state index >= 15 is 0 Å². The highest BCUT2D eigenvalue weighted by Crippen LogP contribution is 2.24. The smallest absolute Gasteiger partial charge is 0.252 e. The third-order valence-corrected chi connectivity index (χ3v) is 4.31. The van der Waals surface area contributed by atoms with E-state index < -0.39 is 0 Å². The van der Waals surface area contributed by atoms with Crippen molar-refractivity contribution in [3.05, 3.63) is 83.4 Å². The van der Waals surface area contributed by atoms with E-state index in [2.05, 4.69) is 29.6 Å². The standard InChI is InChI=1S/C21H22N2O/c1-15(18-12-6-9-16-7-2-4-10-19(16)18)23-21(24)20-11-5-3-8-17(20)13-14-22/h2-12,15H,13-14,22H2,1H3,(H,23,24). The molecule has 122 valence electrons. The van der Waals surface area contributed by atoms with Crippen LogP contribution >= 0.6 is 0 Å². The van der Waals surface area contributed by atoms with Gasteiger partial charge in [0.25, 0.3) is 5.91 Å². The van der Waals surface area contributed by atoms with Gasteiger partial charge in [0.15, 0.2) is 0 Å². The van der Waals surface area contributed by atoms with E-state index in [0.717, 1.165) is 11.1 Å². The number of hydrogen-bond donors (Lipinski definition) is 2. The molecular formula is C21H22N2O. The van der Waals surface area contributed by atoms with Crippen LogP contribution in [0.3, 0.4) is 0 Å². The molecule has 1 unspecified atom stereocenters. The second-order valence-corrected chi connectivity index (χ2v) is 5.96. The molecule has 24 heavy (non-hydrogen) atoms. The van der Waals surface area contributed by atoms with Crippen LogP contribution in [-0.2, 0) is 6.42 Å². The highest BCUT2D eigenvalue weighted by atomic mass is 16.1. The van der Waals surface area contributed by atoms with Gasteiger partial charge in [-0.3, -0.25) is 4.79 Å². The lowest BCUT2D eigenvalue weighted by Gasteiger charge is -2.18. The summed E-state index contributed by atoms with van der Waals surface area (Å²) in [4.78, 5) is 12.7. The van der Waals surface area contributed by atoms with E-state index in [-0.39, 0.29) is 11.9 Å². The van der Waals surface area contributed by atoms with Crippen LogP contribution < -0.4 is 11.1 Å². The van der Waals surface area contributed by atoms with E-state index in [1.165, 1.54) is 10.8 Å². The van der Waals surface area contributed by atoms with Crippen LogP contribution in [0.1, 0.15) is 34.5 Å². The summed E-state index contributed by atoms with van der Waals surface area (Å²) in [5, 5.41) is 5.47. The van der Waals surface area contributed by atoms with Crippen molar-refractivity contribution in [2.75, 3.05) is 6.54 Å². The lowest BCUT2D eigenvalue weighted by Crippen LogP contribution is -2.28. The second-order valence-electron chi connectivity index (χ2n) is 5.96. The van der Waals surface area contributed by atoms with E-state index in [1.807, 2.05) is 49.4 Å². The summed E-state index contributed by atoms with van der Waals surface area (Å²) in [6.45, 7) is 2.55. The van der Waals surface area contributed by atoms with Crippen LogP contribution in [0, 0.1) is 0 Å². The first kappa shape index (κ1) is 16.2. The van der Waals surface area contributed by atoms with Gasteiger partial charge >= 0.3 is 0 Å². The van der Waals surface area contributed by atoms with Gasteiger partial charge in [0, 0.05) is 5.56 Å². The fraction of sp³-hybridized carbons (Fsp3) is 0.190. The SMILES string of the molecule is CC(NC(=O)c1ccccc1CCN)c1cccc2ccccc12. The van der Waals surface area contributed by atoms with Gasteiger partial charge in [-0.05, 0) is 47.9 Å². The molecule has 0 heterocycles. The average molecular weight is 318 g/mol. The summed E-state index contributed by atoms with van der Waals surface area (Å²) < 4.78 is 0. The Balaban J connectivity index is 1.86. The Kier molecular flexibility index (Phi) is 4.92. The molecule has 3 N–H and O–H groups in total. The number of nitrogens with two attached hydrogens (primary N) is 1. The summed E-state index contributed by atoms with van der Waals surface area (Å²) in [5.74, 6) is -0.0560. The topological polar surface area (TPSA) is 55.1 Å². The number of fused-ring (bicyclic) bond motifs is 1. The van der Waals surface area contributed by atoms with E-state index in [1.54, 1.807) is 0 Å². The highest BCUT2D eigenvalue weighted by Gasteiger charge is 2.15. The van der Waals surface area contributed by atoms with Gasteiger partial charge in [-0.1, -0.05) is 60.7 Å². The number of benzene rings is 3. The molecule has 0 saturated carbocycles. The molecule has 0 radical (unpaired) electrons. The third kappa shape index (κ3) is 3.31. The normalized spacial score (nSPS) is 12.1. The Morgan fingerprint density at radius 2 is 1.71 bits per heavy atom. The zero-order valence-corrected chi connectivity index (χ0v) is 13.8. The number of carbonyl (C=O) groups is 1. The fourth-order valence-corrected chi connectivity index (χ4v) is 3.10. The largest absolute Gasteiger partial charge is 0.345 e. The second kappa shape index (κ2) is 7.28. The summed E-state index contributed by atoms with van der Waals surface area (Å²) in [7, 11) is 0. The molecule has 1 atom stereocenters. The van der Waals surface area contributed by atoms with E-state index in [0.29, 0.717) is 18.5 Å². The van der Waals surface area contributed by atoms with Crippen molar-refractivity contribution in [3.63, 3.8) is 0 Å². The Morgan fingerprint density at radius 1 is 1.00 bits per heavy atom. The maximum absolute atomic E-state index is 12.7. The van der Waals surface area contributed by atoms with Crippen LogP contribution in [0.25, 0.3) is 10.8 Å². The molecule has 1 amide bonds. The van der Waals surface area contributed by atoms with Crippen LogP contribution in [0.2, 0.25) is 0 Å². The molecule has 3 heteroatoms. The van der Waals surface area contributed by atoms with Gasteiger partial charge in [-0.15, -0.1) is 0 Å². The van der Waals surface area contributed by atoms with Gasteiger partial charge in [-0.25, -0.2) is 0 Å². The molecule has 0 fully saturated rings. The Morgan fingerprint density at radius 3 is 2.54 bits per heavy atom. The molecule has 0 aliphatic heterocycles. The Hall–Kier alpha value is -2.65. The van der Waals surface area contributed by atoms with Crippen molar-refractivity contribution in [2.45, 2.75) is 19.4 Å². The highest BCUT2D eigenvalue weighted by molar-refractivity contribution is 5.96. The Bertz CT molecular complexity index is 852. The molecule has 0 aliphatic rings. The summed E-state index contributed by atoms with van der Waals surface area (Å²) in [6.07, 6.45) is 0.701. The molecular weight excluding hydrogens is 296 g/mol. The van der Waals surface area contributed by atoms with Crippen LogP contribution in [0.4, 0.5) is 0 Å². The monoisotopic (exact) mass is 318 g/mol. The minimum atomic E-state index is -0.0745.